The Morgan fingerprint density at radius 2 is 1.06 bits per heavy atom. The van der Waals surface area contributed by atoms with Crippen LogP contribution in [0, 0.1) is 6.92 Å². The maximum Gasteiger partial charge on any atom is 0.0794 e. The van der Waals surface area contributed by atoms with Gasteiger partial charge in [-0.25, -0.2) is 9.36 Å². The Morgan fingerprint density at radius 3 is 1.52 bits per heavy atom. The van der Waals surface area contributed by atoms with Gasteiger partial charge in [-0.3, -0.25) is 4.98 Å². The predicted molar refractivity (Wildman–Crippen MR) is 129 cm³/mol. The fourth-order valence-corrected chi connectivity index (χ4v) is 5.52. The number of pyridine rings is 1. The lowest BCUT2D eigenvalue weighted by atomic mass is 9.83. The second kappa shape index (κ2) is 7.01. The van der Waals surface area contributed by atoms with Gasteiger partial charge in [0.1, 0.15) is 0 Å². The van der Waals surface area contributed by atoms with Crippen molar-refractivity contribution in [1.82, 2.24) is 24.5 Å². The monoisotopic (exact) mass is 429 g/mol. The van der Waals surface area contributed by atoms with Crippen LogP contribution in [0.15, 0.2) is 73.1 Å². The summed E-state index contributed by atoms with van der Waals surface area (Å²) in [5.74, 6) is 0. The summed E-state index contributed by atoms with van der Waals surface area (Å²) in [5.41, 5.74) is 13.3. The van der Waals surface area contributed by atoms with Gasteiger partial charge in [-0.1, -0.05) is 36.4 Å². The predicted octanol–water partition coefficient (Wildman–Crippen LogP) is 5.29. The highest BCUT2D eigenvalue weighted by molar-refractivity contribution is 5.83. The summed E-state index contributed by atoms with van der Waals surface area (Å²) in [7, 11) is 0. The van der Waals surface area contributed by atoms with E-state index in [2.05, 4.69) is 64.8 Å². The molecule has 0 aliphatic heterocycles. The smallest absolute Gasteiger partial charge is 0.0794 e. The standard InChI is InChI=1S/C28H23N5/c1-18-25-23(14-12-19-16-29-32(27(19)25)21-8-4-2-5-9-21)31-24-15-13-20-17-30-33(28(20)26(18)24)22-10-6-3-7-11-22/h2-11,16-17H,12-15H2,1H3. The molecule has 2 aliphatic rings. The van der Waals surface area contributed by atoms with Crippen molar-refractivity contribution in [1.29, 1.82) is 0 Å². The first-order chi connectivity index (χ1) is 16.3. The molecule has 0 radical (unpaired) electrons. The Labute approximate surface area is 192 Å². The molecule has 3 heterocycles. The minimum absolute atomic E-state index is 0.960. The Kier molecular flexibility index (Phi) is 3.94. The quantitative estimate of drug-likeness (QED) is 0.383. The van der Waals surface area contributed by atoms with Crippen molar-refractivity contribution in [2.75, 3.05) is 0 Å². The van der Waals surface area contributed by atoms with E-state index in [1.54, 1.807) is 0 Å². The number of rotatable bonds is 2. The summed E-state index contributed by atoms with van der Waals surface area (Å²) in [6.45, 7) is 2.26. The Bertz CT molecular complexity index is 1400. The van der Waals surface area contributed by atoms with Crippen molar-refractivity contribution in [2.24, 2.45) is 0 Å². The van der Waals surface area contributed by atoms with Crippen LogP contribution in [0.5, 0.6) is 0 Å². The van der Waals surface area contributed by atoms with Crippen LogP contribution in [0.4, 0.5) is 0 Å². The molecular weight excluding hydrogens is 406 g/mol. The second-order valence-electron chi connectivity index (χ2n) is 8.91. The van der Waals surface area contributed by atoms with E-state index in [9.17, 15) is 0 Å². The lowest BCUT2D eigenvalue weighted by Gasteiger charge is -2.27. The summed E-state index contributed by atoms with van der Waals surface area (Å²) in [6, 6.07) is 20.8. The fraction of sp³-hybridized carbons (Fsp3) is 0.179. The van der Waals surface area contributed by atoms with Gasteiger partial charge in [-0.15, -0.1) is 0 Å². The number of benzene rings is 2. The van der Waals surface area contributed by atoms with Crippen molar-refractivity contribution in [3.63, 3.8) is 0 Å². The van der Waals surface area contributed by atoms with Crippen LogP contribution < -0.4 is 0 Å². The van der Waals surface area contributed by atoms with E-state index in [4.69, 9.17) is 15.2 Å². The van der Waals surface area contributed by atoms with Crippen LogP contribution in [0.2, 0.25) is 0 Å². The molecule has 0 N–H and O–H groups in total. The van der Waals surface area contributed by atoms with Crippen LogP contribution in [0.25, 0.3) is 33.9 Å². The summed E-state index contributed by atoms with van der Waals surface area (Å²) in [4.78, 5) is 5.26. The van der Waals surface area contributed by atoms with Gasteiger partial charge in [0.25, 0.3) is 0 Å². The van der Waals surface area contributed by atoms with Crippen LogP contribution >= 0.6 is 0 Å². The first-order valence-electron chi connectivity index (χ1n) is 11.6. The van der Waals surface area contributed by atoms with Crippen molar-refractivity contribution >= 4 is 0 Å². The molecule has 0 amide bonds. The average Bonchev–Trinajstić information content (AvgIpc) is 3.49. The second-order valence-corrected chi connectivity index (χ2v) is 8.91. The van der Waals surface area contributed by atoms with Gasteiger partial charge in [0.2, 0.25) is 0 Å². The molecule has 0 fully saturated rings. The van der Waals surface area contributed by atoms with Gasteiger partial charge in [-0.05, 0) is 73.6 Å². The molecule has 2 aliphatic carbocycles. The number of hydrogen-bond acceptors (Lipinski definition) is 3. The molecule has 2 aromatic carbocycles. The van der Waals surface area contributed by atoms with Crippen LogP contribution in [-0.2, 0) is 25.7 Å². The molecule has 0 saturated carbocycles. The van der Waals surface area contributed by atoms with Gasteiger partial charge in [-0.2, -0.15) is 10.2 Å². The maximum atomic E-state index is 5.26. The molecule has 3 aromatic heterocycles. The SMILES string of the molecule is Cc1c2c(nc3c1-c1c(cnn1-c1ccccc1)CC3)CCc1cnn(-c3ccccc3)c1-2. The minimum Gasteiger partial charge on any atom is -0.256 e. The Morgan fingerprint density at radius 1 is 0.606 bits per heavy atom. The molecule has 160 valence electrons. The Balaban J connectivity index is 1.50. The fourth-order valence-electron chi connectivity index (χ4n) is 5.52. The summed E-state index contributed by atoms with van der Waals surface area (Å²) in [5, 5.41) is 9.58. The number of nitrogens with zero attached hydrogens (tertiary/aromatic N) is 5. The molecular formula is C28H23N5. The lowest BCUT2D eigenvalue weighted by Crippen LogP contribution is -2.17. The van der Waals surface area contributed by atoms with E-state index in [0.29, 0.717) is 0 Å². The Hall–Kier alpha value is -3.99. The number of para-hydroxylation sites is 2. The summed E-state index contributed by atoms with van der Waals surface area (Å²) < 4.78 is 4.18. The summed E-state index contributed by atoms with van der Waals surface area (Å²) >= 11 is 0. The number of aromatic nitrogens is 5. The molecule has 0 unspecified atom stereocenters. The van der Waals surface area contributed by atoms with E-state index in [1.165, 1.54) is 50.6 Å². The first-order valence-corrected chi connectivity index (χ1v) is 11.6. The minimum atomic E-state index is 0.960. The van der Waals surface area contributed by atoms with Gasteiger partial charge in [0.05, 0.1) is 46.5 Å². The third-order valence-corrected chi connectivity index (χ3v) is 7.02. The van der Waals surface area contributed by atoms with Gasteiger partial charge in [0.15, 0.2) is 0 Å². The summed E-state index contributed by atoms with van der Waals surface area (Å²) in [6.07, 6.45) is 7.94. The van der Waals surface area contributed by atoms with E-state index in [0.717, 1.165) is 37.1 Å². The van der Waals surface area contributed by atoms with Crippen molar-refractivity contribution < 1.29 is 0 Å². The van der Waals surface area contributed by atoms with E-state index in [-0.39, 0.29) is 0 Å². The molecule has 7 rings (SSSR count). The van der Waals surface area contributed by atoms with Gasteiger partial charge in [0, 0.05) is 11.1 Å². The van der Waals surface area contributed by atoms with Crippen molar-refractivity contribution in [2.45, 2.75) is 32.6 Å². The highest BCUT2D eigenvalue weighted by atomic mass is 15.3. The maximum absolute atomic E-state index is 5.26. The molecule has 0 saturated heterocycles. The molecule has 0 atom stereocenters. The highest BCUT2D eigenvalue weighted by Crippen LogP contribution is 2.44. The van der Waals surface area contributed by atoms with Crippen molar-refractivity contribution in [3.8, 4) is 33.9 Å². The van der Waals surface area contributed by atoms with Gasteiger partial charge < -0.3 is 0 Å². The van der Waals surface area contributed by atoms with Gasteiger partial charge >= 0.3 is 0 Å². The van der Waals surface area contributed by atoms with Crippen LogP contribution in [0.3, 0.4) is 0 Å². The number of hydrogen-bond donors (Lipinski definition) is 0. The highest BCUT2D eigenvalue weighted by Gasteiger charge is 2.31. The number of fused-ring (bicyclic) bond motifs is 6. The largest absolute Gasteiger partial charge is 0.256 e. The molecule has 0 spiro atoms. The zero-order valence-corrected chi connectivity index (χ0v) is 18.5. The third-order valence-electron chi connectivity index (χ3n) is 7.02. The molecule has 5 aromatic rings. The first kappa shape index (κ1) is 18.6. The third kappa shape index (κ3) is 2.68. The van der Waals surface area contributed by atoms with E-state index < -0.39 is 0 Å². The topological polar surface area (TPSA) is 48.5 Å². The molecule has 33 heavy (non-hydrogen) atoms. The average molecular weight is 430 g/mol. The molecule has 0 bridgehead atoms. The van der Waals surface area contributed by atoms with Crippen molar-refractivity contribution in [3.05, 3.63) is 101 Å². The molecule has 5 heteroatoms. The molecule has 5 nitrogen and oxygen atoms in total. The van der Waals surface area contributed by atoms with Crippen LogP contribution in [0.1, 0.15) is 28.1 Å². The lowest BCUT2D eigenvalue weighted by molar-refractivity contribution is 0.816. The van der Waals surface area contributed by atoms with E-state index in [1.807, 2.05) is 24.5 Å². The zero-order chi connectivity index (χ0) is 21.9. The normalized spacial score (nSPS) is 13.7. The van der Waals surface area contributed by atoms with E-state index >= 15 is 0 Å². The van der Waals surface area contributed by atoms with Crippen LogP contribution in [-0.4, -0.2) is 24.5 Å². The zero-order valence-electron chi connectivity index (χ0n) is 18.5. The number of aryl methyl sites for hydroxylation is 4.